The van der Waals surface area contributed by atoms with Crippen LogP contribution < -0.4 is 10.2 Å². The maximum absolute atomic E-state index is 12.9. The Bertz CT molecular complexity index is 767. The van der Waals surface area contributed by atoms with E-state index in [1.807, 2.05) is 32.0 Å². The number of hydrogen-bond acceptors (Lipinski definition) is 5. The summed E-state index contributed by atoms with van der Waals surface area (Å²) in [7, 11) is 0. The van der Waals surface area contributed by atoms with Crippen molar-refractivity contribution >= 4 is 29.1 Å². The van der Waals surface area contributed by atoms with Crippen molar-refractivity contribution < 1.29 is 4.79 Å². The molecule has 1 fully saturated rings. The van der Waals surface area contributed by atoms with Gasteiger partial charge in [-0.3, -0.25) is 4.79 Å². The van der Waals surface area contributed by atoms with Crippen LogP contribution in [0.3, 0.4) is 0 Å². The van der Waals surface area contributed by atoms with Gasteiger partial charge in [0.05, 0.1) is 22.1 Å². The van der Waals surface area contributed by atoms with Crippen LogP contribution in [0.25, 0.3) is 0 Å². The van der Waals surface area contributed by atoms with E-state index >= 15 is 0 Å². The number of piperidine rings is 1. The Morgan fingerprint density at radius 3 is 2.68 bits per heavy atom. The topological polar surface area (TPSA) is 71.0 Å². The highest BCUT2D eigenvalue weighted by molar-refractivity contribution is 6.33. The molecule has 0 aliphatic carbocycles. The molecular weight excluding hydrogens is 338 g/mol. The van der Waals surface area contributed by atoms with E-state index < -0.39 is 0 Å². The number of nitrogens with one attached hydrogen (secondary N) is 1. The number of carbonyl (C=O) groups is 1. The van der Waals surface area contributed by atoms with Gasteiger partial charge < -0.3 is 10.2 Å². The number of hydrogen-bond donors (Lipinski definition) is 1. The summed E-state index contributed by atoms with van der Waals surface area (Å²) in [5.41, 5.74) is 2.57. The van der Waals surface area contributed by atoms with Crippen LogP contribution in [0.2, 0.25) is 5.02 Å². The number of para-hydroxylation sites is 1. The predicted octanol–water partition coefficient (Wildman–Crippen LogP) is 3.26. The highest BCUT2D eigenvalue weighted by atomic mass is 35.5. The summed E-state index contributed by atoms with van der Waals surface area (Å²) >= 11 is 6.25. The zero-order valence-electron chi connectivity index (χ0n) is 14.5. The minimum absolute atomic E-state index is 0.0134. The summed E-state index contributed by atoms with van der Waals surface area (Å²) in [6.07, 6.45) is 3.21. The second kappa shape index (κ2) is 7.78. The van der Waals surface area contributed by atoms with Crippen LogP contribution in [0.4, 0.5) is 11.6 Å². The smallest absolute Gasteiger partial charge is 0.249 e. The average Bonchev–Trinajstić information content (AvgIpc) is 2.64. The molecule has 1 aromatic carbocycles. The summed E-state index contributed by atoms with van der Waals surface area (Å²) in [5.74, 6) is 0.397. The van der Waals surface area contributed by atoms with Gasteiger partial charge >= 0.3 is 0 Å². The Hall–Kier alpha value is -2.21. The number of aryl methyl sites for hydroxylation is 2. The summed E-state index contributed by atoms with van der Waals surface area (Å²) < 4.78 is 0. The molecule has 1 aliphatic heterocycles. The van der Waals surface area contributed by atoms with E-state index in [0.29, 0.717) is 17.5 Å². The normalized spacial score (nSPS) is 17.6. The van der Waals surface area contributed by atoms with E-state index in [-0.39, 0.29) is 11.9 Å². The molecule has 1 atom stereocenters. The third kappa shape index (κ3) is 3.74. The molecule has 0 saturated carbocycles. The monoisotopic (exact) mass is 359 g/mol. The van der Waals surface area contributed by atoms with E-state index in [0.717, 1.165) is 42.8 Å². The first-order valence-electron chi connectivity index (χ1n) is 8.69. The van der Waals surface area contributed by atoms with Gasteiger partial charge in [-0.2, -0.15) is 5.10 Å². The van der Waals surface area contributed by atoms with Gasteiger partial charge in [-0.05, 0) is 37.8 Å². The molecule has 3 rings (SSSR count). The van der Waals surface area contributed by atoms with Crippen LogP contribution in [0.15, 0.2) is 24.3 Å². The zero-order chi connectivity index (χ0) is 17.8. The SMILES string of the molecule is CCc1nnc(NC2CCCN(c3ccccc3Cl)C2=O)nc1CC. The molecule has 6 nitrogen and oxygen atoms in total. The van der Waals surface area contributed by atoms with Crippen molar-refractivity contribution in [3.05, 3.63) is 40.7 Å². The molecule has 1 amide bonds. The van der Waals surface area contributed by atoms with Gasteiger partial charge in [0.1, 0.15) is 6.04 Å². The van der Waals surface area contributed by atoms with Crippen LogP contribution in [0.1, 0.15) is 38.1 Å². The molecule has 1 unspecified atom stereocenters. The van der Waals surface area contributed by atoms with E-state index in [4.69, 9.17) is 11.6 Å². The summed E-state index contributed by atoms with van der Waals surface area (Å²) in [6.45, 7) is 4.73. The van der Waals surface area contributed by atoms with Crippen molar-refractivity contribution in [3.63, 3.8) is 0 Å². The van der Waals surface area contributed by atoms with Crippen LogP contribution in [-0.2, 0) is 17.6 Å². The lowest BCUT2D eigenvalue weighted by molar-refractivity contribution is -0.120. The molecular formula is C18H22ClN5O. The van der Waals surface area contributed by atoms with Crippen molar-refractivity contribution in [3.8, 4) is 0 Å². The summed E-state index contributed by atoms with van der Waals surface area (Å²) in [6, 6.07) is 7.04. The van der Waals surface area contributed by atoms with Gasteiger partial charge in [-0.1, -0.05) is 37.6 Å². The molecule has 1 N–H and O–H groups in total. The number of amides is 1. The first kappa shape index (κ1) is 17.6. The van der Waals surface area contributed by atoms with Crippen LogP contribution in [0.5, 0.6) is 0 Å². The van der Waals surface area contributed by atoms with Gasteiger partial charge in [0.15, 0.2) is 0 Å². The molecule has 2 heterocycles. The quantitative estimate of drug-likeness (QED) is 0.887. The van der Waals surface area contributed by atoms with Gasteiger partial charge in [-0.25, -0.2) is 4.98 Å². The Kier molecular flexibility index (Phi) is 5.48. The maximum Gasteiger partial charge on any atom is 0.249 e. The number of nitrogens with zero attached hydrogens (tertiary/aromatic N) is 4. The first-order chi connectivity index (χ1) is 12.1. The highest BCUT2D eigenvalue weighted by Gasteiger charge is 2.31. The third-order valence-corrected chi connectivity index (χ3v) is 4.71. The summed E-state index contributed by atoms with van der Waals surface area (Å²) in [4.78, 5) is 19.1. The third-order valence-electron chi connectivity index (χ3n) is 4.39. The number of aromatic nitrogens is 3. The molecule has 2 aromatic rings. The largest absolute Gasteiger partial charge is 0.341 e. The molecule has 132 valence electrons. The number of rotatable bonds is 5. The van der Waals surface area contributed by atoms with Crippen molar-refractivity contribution in [1.29, 1.82) is 0 Å². The Balaban J connectivity index is 1.79. The number of carbonyl (C=O) groups excluding carboxylic acids is 1. The highest BCUT2D eigenvalue weighted by Crippen LogP contribution is 2.29. The number of anilines is 2. The lowest BCUT2D eigenvalue weighted by Gasteiger charge is -2.33. The minimum Gasteiger partial charge on any atom is -0.341 e. The second-order valence-electron chi connectivity index (χ2n) is 6.02. The van der Waals surface area contributed by atoms with Crippen LogP contribution >= 0.6 is 11.6 Å². The van der Waals surface area contributed by atoms with E-state index in [9.17, 15) is 4.79 Å². The predicted molar refractivity (Wildman–Crippen MR) is 99.0 cm³/mol. The van der Waals surface area contributed by atoms with Crippen molar-refractivity contribution in [2.24, 2.45) is 0 Å². The Morgan fingerprint density at radius 1 is 1.20 bits per heavy atom. The molecule has 25 heavy (non-hydrogen) atoms. The zero-order valence-corrected chi connectivity index (χ0v) is 15.3. The fourth-order valence-corrected chi connectivity index (χ4v) is 3.31. The summed E-state index contributed by atoms with van der Waals surface area (Å²) in [5, 5.41) is 12.1. The van der Waals surface area contributed by atoms with E-state index in [2.05, 4.69) is 20.5 Å². The molecule has 1 aliphatic rings. The molecule has 1 aromatic heterocycles. The Labute approximate surface area is 152 Å². The van der Waals surface area contributed by atoms with Gasteiger partial charge in [0, 0.05) is 6.54 Å². The van der Waals surface area contributed by atoms with Crippen LogP contribution in [-0.4, -0.2) is 33.7 Å². The van der Waals surface area contributed by atoms with Gasteiger partial charge in [0.25, 0.3) is 0 Å². The second-order valence-corrected chi connectivity index (χ2v) is 6.42. The van der Waals surface area contributed by atoms with Gasteiger partial charge in [-0.15, -0.1) is 5.10 Å². The minimum atomic E-state index is -0.371. The molecule has 0 radical (unpaired) electrons. The molecule has 7 heteroatoms. The fourth-order valence-electron chi connectivity index (χ4n) is 3.07. The number of benzene rings is 1. The average molecular weight is 360 g/mol. The lowest BCUT2D eigenvalue weighted by Crippen LogP contribution is -2.48. The molecule has 0 bridgehead atoms. The van der Waals surface area contributed by atoms with E-state index in [1.165, 1.54) is 0 Å². The lowest BCUT2D eigenvalue weighted by atomic mass is 10.0. The molecule has 0 spiro atoms. The van der Waals surface area contributed by atoms with Crippen molar-refractivity contribution in [2.45, 2.75) is 45.6 Å². The standard InChI is InChI=1S/C18H22ClN5O/c1-3-13-14(4-2)22-23-18(20-13)21-15-9-7-11-24(17(15)25)16-10-6-5-8-12(16)19/h5-6,8,10,15H,3-4,7,9,11H2,1-2H3,(H,20,21,23). The van der Waals surface area contributed by atoms with Gasteiger partial charge in [0.2, 0.25) is 11.9 Å². The maximum atomic E-state index is 12.9. The van der Waals surface area contributed by atoms with Crippen LogP contribution in [0, 0.1) is 0 Å². The Morgan fingerprint density at radius 2 is 1.96 bits per heavy atom. The van der Waals surface area contributed by atoms with Crippen molar-refractivity contribution in [1.82, 2.24) is 15.2 Å². The number of halogens is 1. The molecule has 1 saturated heterocycles. The first-order valence-corrected chi connectivity index (χ1v) is 9.06. The van der Waals surface area contributed by atoms with E-state index in [1.54, 1.807) is 11.0 Å². The van der Waals surface area contributed by atoms with Crippen molar-refractivity contribution in [2.75, 3.05) is 16.8 Å². The fraction of sp³-hybridized carbons (Fsp3) is 0.444.